The second kappa shape index (κ2) is 9.54. The van der Waals surface area contributed by atoms with E-state index in [2.05, 4.69) is 17.2 Å². The summed E-state index contributed by atoms with van der Waals surface area (Å²) in [5, 5.41) is 6.06. The lowest BCUT2D eigenvalue weighted by atomic mass is 10.2. The van der Waals surface area contributed by atoms with Crippen LogP contribution >= 0.6 is 0 Å². The quantitative estimate of drug-likeness (QED) is 0.512. The first-order valence-electron chi connectivity index (χ1n) is 8.06. The van der Waals surface area contributed by atoms with E-state index in [1.165, 1.54) is 6.26 Å². The van der Waals surface area contributed by atoms with Crippen LogP contribution in [0, 0.1) is 0 Å². The van der Waals surface area contributed by atoms with Crippen molar-refractivity contribution in [3.05, 3.63) is 60.1 Å². The largest absolute Gasteiger partial charge is 0.493 e. The van der Waals surface area contributed by atoms with Gasteiger partial charge in [0, 0.05) is 19.6 Å². The fourth-order valence-electron chi connectivity index (χ4n) is 2.14. The van der Waals surface area contributed by atoms with Crippen LogP contribution in [0.25, 0.3) is 0 Å². The maximum absolute atomic E-state index is 11.7. The van der Waals surface area contributed by atoms with Crippen LogP contribution in [0.1, 0.15) is 23.0 Å². The number of methoxy groups -OCH3 is 1. The molecule has 1 aromatic carbocycles. The van der Waals surface area contributed by atoms with Gasteiger partial charge in [-0.2, -0.15) is 0 Å². The zero-order valence-electron chi connectivity index (χ0n) is 14.6. The van der Waals surface area contributed by atoms with Crippen LogP contribution in [0.3, 0.4) is 0 Å². The molecule has 0 saturated heterocycles. The van der Waals surface area contributed by atoms with E-state index in [0.29, 0.717) is 43.5 Å². The topological polar surface area (TPSA) is 72.7 Å². The molecule has 0 aliphatic heterocycles. The highest BCUT2D eigenvalue weighted by Crippen LogP contribution is 2.28. The van der Waals surface area contributed by atoms with Gasteiger partial charge in [0.05, 0.1) is 13.4 Å². The Bertz CT molecular complexity index is 695. The van der Waals surface area contributed by atoms with Crippen LogP contribution < -0.4 is 20.1 Å². The molecule has 1 amide bonds. The Kier molecular flexibility index (Phi) is 7.10. The van der Waals surface area contributed by atoms with Crippen LogP contribution in [-0.4, -0.2) is 32.7 Å². The summed E-state index contributed by atoms with van der Waals surface area (Å²) < 4.78 is 16.0. The van der Waals surface area contributed by atoms with E-state index in [4.69, 9.17) is 13.9 Å². The van der Waals surface area contributed by atoms with Gasteiger partial charge in [-0.15, -0.1) is 0 Å². The molecular formula is C19H24N2O4. The van der Waals surface area contributed by atoms with Crippen LogP contribution in [0.2, 0.25) is 0 Å². The molecule has 1 aromatic heterocycles. The lowest BCUT2D eigenvalue weighted by Crippen LogP contribution is -2.31. The van der Waals surface area contributed by atoms with Gasteiger partial charge in [-0.3, -0.25) is 4.79 Å². The third-order valence-electron chi connectivity index (χ3n) is 3.36. The second-order valence-corrected chi connectivity index (χ2v) is 5.64. The predicted octanol–water partition coefficient (Wildman–Crippen LogP) is 2.76. The molecule has 134 valence electrons. The highest BCUT2D eigenvalue weighted by atomic mass is 16.5. The molecule has 2 N–H and O–H groups in total. The van der Waals surface area contributed by atoms with Crippen LogP contribution in [-0.2, 0) is 6.54 Å². The zero-order chi connectivity index (χ0) is 18.1. The van der Waals surface area contributed by atoms with E-state index in [9.17, 15) is 4.79 Å². The number of ether oxygens (including phenoxy) is 2. The highest BCUT2D eigenvalue weighted by molar-refractivity contribution is 5.91. The zero-order valence-corrected chi connectivity index (χ0v) is 14.6. The van der Waals surface area contributed by atoms with Crippen LogP contribution in [0.15, 0.2) is 53.2 Å². The Hall–Kier alpha value is -2.73. The molecule has 6 nitrogen and oxygen atoms in total. The fourth-order valence-corrected chi connectivity index (χ4v) is 2.14. The van der Waals surface area contributed by atoms with Gasteiger partial charge in [0.1, 0.15) is 6.61 Å². The summed E-state index contributed by atoms with van der Waals surface area (Å²) in [6.45, 7) is 8.00. The third kappa shape index (κ3) is 6.00. The minimum Gasteiger partial charge on any atom is -0.493 e. The first-order chi connectivity index (χ1) is 12.1. The Morgan fingerprint density at radius 2 is 2.08 bits per heavy atom. The first-order valence-corrected chi connectivity index (χ1v) is 8.06. The van der Waals surface area contributed by atoms with Crippen molar-refractivity contribution in [2.45, 2.75) is 13.5 Å². The average molecular weight is 344 g/mol. The maximum Gasteiger partial charge on any atom is 0.287 e. The van der Waals surface area contributed by atoms with E-state index < -0.39 is 0 Å². The van der Waals surface area contributed by atoms with Crippen molar-refractivity contribution in [2.75, 3.05) is 26.8 Å². The van der Waals surface area contributed by atoms with Gasteiger partial charge in [0.2, 0.25) is 0 Å². The summed E-state index contributed by atoms with van der Waals surface area (Å²) in [4.78, 5) is 11.7. The molecule has 0 bridgehead atoms. The van der Waals surface area contributed by atoms with Gasteiger partial charge >= 0.3 is 0 Å². The fraction of sp³-hybridized carbons (Fsp3) is 0.316. The van der Waals surface area contributed by atoms with Gasteiger partial charge in [0.15, 0.2) is 17.3 Å². The first kappa shape index (κ1) is 18.6. The molecule has 2 aromatic rings. The lowest BCUT2D eigenvalue weighted by molar-refractivity contribution is 0.0926. The van der Waals surface area contributed by atoms with Gasteiger partial charge in [-0.25, -0.2) is 0 Å². The van der Waals surface area contributed by atoms with Crippen molar-refractivity contribution < 1.29 is 18.7 Å². The molecule has 25 heavy (non-hydrogen) atoms. The summed E-state index contributed by atoms with van der Waals surface area (Å²) in [6, 6.07) is 9.11. The minimum absolute atomic E-state index is 0.216. The number of rotatable bonds is 10. The van der Waals surface area contributed by atoms with Crippen molar-refractivity contribution in [1.29, 1.82) is 0 Å². The molecule has 2 rings (SSSR count). The van der Waals surface area contributed by atoms with E-state index in [1.54, 1.807) is 19.2 Å². The second-order valence-electron chi connectivity index (χ2n) is 5.64. The summed E-state index contributed by atoms with van der Waals surface area (Å²) in [7, 11) is 1.61. The Morgan fingerprint density at radius 1 is 1.24 bits per heavy atom. The number of carbonyl (C=O) groups is 1. The van der Waals surface area contributed by atoms with Gasteiger partial charge < -0.3 is 24.5 Å². The van der Waals surface area contributed by atoms with E-state index in [-0.39, 0.29) is 5.91 Å². The van der Waals surface area contributed by atoms with Crippen molar-refractivity contribution >= 4 is 5.91 Å². The number of nitrogens with one attached hydrogen (secondary N) is 2. The Balaban J connectivity index is 1.77. The molecule has 6 heteroatoms. The van der Waals surface area contributed by atoms with Gasteiger partial charge in [0.25, 0.3) is 5.91 Å². The summed E-state index contributed by atoms with van der Waals surface area (Å²) in [5.41, 5.74) is 2.01. The summed E-state index contributed by atoms with van der Waals surface area (Å²) in [5.74, 6) is 1.48. The normalized spacial score (nSPS) is 10.3. The van der Waals surface area contributed by atoms with Crippen LogP contribution in [0.5, 0.6) is 11.5 Å². The van der Waals surface area contributed by atoms with Crippen molar-refractivity contribution in [1.82, 2.24) is 10.6 Å². The summed E-state index contributed by atoms with van der Waals surface area (Å²) >= 11 is 0. The van der Waals surface area contributed by atoms with E-state index in [0.717, 1.165) is 11.1 Å². The predicted molar refractivity (Wildman–Crippen MR) is 96.1 cm³/mol. The smallest absolute Gasteiger partial charge is 0.287 e. The molecule has 0 spiro atoms. The molecule has 0 aliphatic rings. The average Bonchev–Trinajstić information content (AvgIpc) is 3.14. The lowest BCUT2D eigenvalue weighted by Gasteiger charge is -2.13. The number of hydrogen-bond acceptors (Lipinski definition) is 5. The molecule has 0 atom stereocenters. The van der Waals surface area contributed by atoms with Crippen molar-refractivity contribution in [3.63, 3.8) is 0 Å². The van der Waals surface area contributed by atoms with E-state index >= 15 is 0 Å². The van der Waals surface area contributed by atoms with Gasteiger partial charge in [-0.05, 0) is 42.3 Å². The SMILES string of the molecule is C=C(C)COc1cc(CNCCNC(=O)c2ccco2)ccc1OC. The number of hydrogen-bond donors (Lipinski definition) is 2. The van der Waals surface area contributed by atoms with Gasteiger partial charge in [-0.1, -0.05) is 12.6 Å². The summed E-state index contributed by atoms with van der Waals surface area (Å²) in [6.07, 6.45) is 1.48. The Morgan fingerprint density at radius 3 is 2.76 bits per heavy atom. The van der Waals surface area contributed by atoms with Crippen LogP contribution in [0.4, 0.5) is 0 Å². The molecule has 0 fully saturated rings. The highest BCUT2D eigenvalue weighted by Gasteiger charge is 2.08. The molecule has 0 radical (unpaired) electrons. The number of amides is 1. The van der Waals surface area contributed by atoms with E-state index in [1.807, 2.05) is 25.1 Å². The molecule has 0 aliphatic carbocycles. The minimum atomic E-state index is -0.216. The molecule has 1 heterocycles. The molecule has 0 saturated carbocycles. The number of carbonyl (C=O) groups excluding carboxylic acids is 1. The monoisotopic (exact) mass is 344 g/mol. The molecule has 0 unspecified atom stereocenters. The standard InChI is InChI=1S/C19H24N2O4/c1-14(2)13-25-18-11-15(6-7-16(18)23-3)12-20-8-9-21-19(22)17-5-4-10-24-17/h4-7,10-11,20H,1,8-9,12-13H2,2-3H3,(H,21,22). The molecular weight excluding hydrogens is 320 g/mol. The van der Waals surface area contributed by atoms with Crippen molar-refractivity contribution in [3.8, 4) is 11.5 Å². The Labute approximate surface area is 147 Å². The number of benzene rings is 1. The third-order valence-corrected chi connectivity index (χ3v) is 3.36. The van der Waals surface area contributed by atoms with Crippen molar-refractivity contribution in [2.24, 2.45) is 0 Å². The maximum atomic E-state index is 11.7. The number of furan rings is 1.